The average Bonchev–Trinajstić information content (AvgIpc) is 2.73. The Balaban J connectivity index is 0.000000755. The van der Waals surface area contributed by atoms with E-state index < -0.39 is 0 Å². The molecule has 0 bridgehead atoms. The van der Waals surface area contributed by atoms with E-state index in [4.69, 9.17) is 0 Å². The van der Waals surface area contributed by atoms with Crippen molar-refractivity contribution in [2.24, 2.45) is 0 Å². The first-order valence-electron chi connectivity index (χ1n) is 10.4. The molecule has 29 heavy (non-hydrogen) atoms. The second-order valence-corrected chi connectivity index (χ2v) is 7.41. The van der Waals surface area contributed by atoms with Gasteiger partial charge in [0.1, 0.15) is 0 Å². The van der Waals surface area contributed by atoms with Gasteiger partial charge in [0, 0.05) is 23.8 Å². The highest BCUT2D eigenvalue weighted by atomic mass is 16.1. The zero-order valence-electron chi connectivity index (χ0n) is 17.8. The molecule has 0 atom stereocenters. The normalized spacial score (nSPS) is 10.8. The van der Waals surface area contributed by atoms with Crippen LogP contribution in [0.2, 0.25) is 0 Å². The zero-order valence-corrected chi connectivity index (χ0v) is 17.8. The van der Waals surface area contributed by atoms with Gasteiger partial charge in [-0.2, -0.15) is 0 Å². The van der Waals surface area contributed by atoms with Crippen LogP contribution in [-0.2, 0) is 13.0 Å². The van der Waals surface area contributed by atoms with Crippen LogP contribution in [0, 0.1) is 6.92 Å². The van der Waals surface area contributed by atoms with Crippen LogP contribution in [0.3, 0.4) is 0 Å². The van der Waals surface area contributed by atoms with Gasteiger partial charge in [-0.15, -0.1) is 0 Å². The minimum absolute atomic E-state index is 0.0332. The van der Waals surface area contributed by atoms with Gasteiger partial charge in [-0.1, -0.05) is 57.5 Å². The van der Waals surface area contributed by atoms with E-state index in [1.807, 2.05) is 43.5 Å². The summed E-state index contributed by atoms with van der Waals surface area (Å²) < 4.78 is 1.70. The van der Waals surface area contributed by atoms with E-state index in [1.54, 1.807) is 10.9 Å². The van der Waals surface area contributed by atoms with Gasteiger partial charge in [0.05, 0.1) is 17.2 Å². The van der Waals surface area contributed by atoms with Crippen molar-refractivity contribution in [1.29, 1.82) is 0 Å². The summed E-state index contributed by atoms with van der Waals surface area (Å²) in [4.78, 5) is 21.9. The summed E-state index contributed by atoms with van der Waals surface area (Å²) in [5.74, 6) is 0. The molecular formula is C25H29N3O. The molecule has 0 fully saturated rings. The molecule has 0 spiro atoms. The Kier molecular flexibility index (Phi) is 6.76. The average molecular weight is 388 g/mol. The molecule has 0 saturated heterocycles. The summed E-state index contributed by atoms with van der Waals surface area (Å²) in [5, 5.41) is 2.86. The molecule has 0 radical (unpaired) electrons. The summed E-state index contributed by atoms with van der Waals surface area (Å²) in [5.41, 5.74) is 4.09. The fraction of sp³-hybridized carbons (Fsp3) is 0.320. The lowest BCUT2D eigenvalue weighted by molar-refractivity contribution is 0.648. The first-order chi connectivity index (χ1) is 14.1. The van der Waals surface area contributed by atoms with E-state index in [2.05, 4.69) is 42.9 Å². The Bertz CT molecular complexity index is 1160. The predicted molar refractivity (Wildman–Crippen MR) is 122 cm³/mol. The number of hydrogen-bond acceptors (Lipinski definition) is 3. The van der Waals surface area contributed by atoms with Crippen molar-refractivity contribution in [2.75, 3.05) is 0 Å². The third-order valence-electron chi connectivity index (χ3n) is 4.75. The Morgan fingerprint density at radius 2 is 1.66 bits per heavy atom. The van der Waals surface area contributed by atoms with Gasteiger partial charge >= 0.3 is 0 Å². The molecule has 0 amide bonds. The highest BCUT2D eigenvalue weighted by Gasteiger charge is 2.12. The lowest BCUT2D eigenvalue weighted by Crippen LogP contribution is -2.20. The monoisotopic (exact) mass is 387 g/mol. The quantitative estimate of drug-likeness (QED) is 0.424. The van der Waals surface area contributed by atoms with Crippen molar-refractivity contribution in [3.63, 3.8) is 0 Å². The predicted octanol–water partition coefficient (Wildman–Crippen LogP) is 5.67. The van der Waals surface area contributed by atoms with Gasteiger partial charge in [-0.25, -0.2) is 4.98 Å². The molecule has 0 aliphatic rings. The highest BCUT2D eigenvalue weighted by molar-refractivity contribution is 6.06. The third-order valence-corrected chi connectivity index (χ3v) is 4.75. The summed E-state index contributed by atoms with van der Waals surface area (Å²) in [6, 6.07) is 14.3. The van der Waals surface area contributed by atoms with E-state index in [0.29, 0.717) is 11.9 Å². The summed E-state index contributed by atoms with van der Waals surface area (Å²) in [6.07, 6.45) is 6.48. The van der Waals surface area contributed by atoms with E-state index in [1.165, 1.54) is 6.42 Å². The smallest absolute Gasteiger partial charge is 0.261 e. The van der Waals surface area contributed by atoms with Crippen LogP contribution in [0.5, 0.6) is 0 Å². The van der Waals surface area contributed by atoms with Crippen LogP contribution in [0.15, 0.2) is 59.8 Å². The van der Waals surface area contributed by atoms with Gasteiger partial charge in [0.15, 0.2) is 0 Å². The Morgan fingerprint density at radius 3 is 2.31 bits per heavy atom. The molecule has 0 aliphatic heterocycles. The second kappa shape index (κ2) is 9.46. The fourth-order valence-electron chi connectivity index (χ4n) is 3.44. The second-order valence-electron chi connectivity index (χ2n) is 7.41. The van der Waals surface area contributed by atoms with Gasteiger partial charge in [-0.3, -0.25) is 14.3 Å². The summed E-state index contributed by atoms with van der Waals surface area (Å²) in [6.45, 7) is 8.98. The lowest BCUT2D eigenvalue weighted by Gasteiger charge is -2.12. The molecule has 2 aromatic carbocycles. The maximum atomic E-state index is 12.9. The number of benzene rings is 2. The van der Waals surface area contributed by atoms with Gasteiger partial charge in [-0.05, 0) is 48.4 Å². The number of aromatic nitrogens is 3. The van der Waals surface area contributed by atoms with E-state index in [-0.39, 0.29) is 5.56 Å². The van der Waals surface area contributed by atoms with Gasteiger partial charge in [0.25, 0.3) is 5.56 Å². The molecule has 0 unspecified atom stereocenters. The summed E-state index contributed by atoms with van der Waals surface area (Å²) in [7, 11) is 0. The highest BCUT2D eigenvalue weighted by Crippen LogP contribution is 2.27. The van der Waals surface area contributed by atoms with Crippen molar-refractivity contribution >= 4 is 21.7 Å². The number of fused-ring (bicyclic) bond motifs is 3. The SMILES string of the molecule is CCC.CCCn1cnc2c(cc(Cc3ccc(C)nc3)c3ccccc32)c1=O. The van der Waals surface area contributed by atoms with E-state index >= 15 is 0 Å². The van der Waals surface area contributed by atoms with E-state index in [0.717, 1.165) is 46.0 Å². The number of rotatable bonds is 4. The van der Waals surface area contributed by atoms with Crippen molar-refractivity contribution < 1.29 is 0 Å². The van der Waals surface area contributed by atoms with Crippen LogP contribution in [0.1, 0.15) is 50.4 Å². The maximum Gasteiger partial charge on any atom is 0.261 e. The number of aryl methyl sites for hydroxylation is 2. The molecular weight excluding hydrogens is 358 g/mol. The molecule has 0 N–H and O–H groups in total. The molecule has 2 heterocycles. The summed E-state index contributed by atoms with van der Waals surface area (Å²) >= 11 is 0. The van der Waals surface area contributed by atoms with Crippen molar-refractivity contribution in [3.8, 4) is 0 Å². The van der Waals surface area contributed by atoms with E-state index in [9.17, 15) is 4.79 Å². The van der Waals surface area contributed by atoms with Crippen LogP contribution >= 0.6 is 0 Å². The Labute approximate surface area is 172 Å². The van der Waals surface area contributed by atoms with Gasteiger partial charge < -0.3 is 0 Å². The Hall–Kier alpha value is -3.01. The minimum atomic E-state index is 0.0332. The molecule has 4 rings (SSSR count). The van der Waals surface area contributed by atoms with Crippen LogP contribution in [-0.4, -0.2) is 14.5 Å². The first-order valence-corrected chi connectivity index (χ1v) is 10.4. The van der Waals surface area contributed by atoms with Crippen LogP contribution in [0.25, 0.3) is 21.7 Å². The van der Waals surface area contributed by atoms with Gasteiger partial charge in [0.2, 0.25) is 0 Å². The zero-order chi connectivity index (χ0) is 20.8. The van der Waals surface area contributed by atoms with Crippen LogP contribution < -0.4 is 5.56 Å². The first kappa shape index (κ1) is 20.7. The lowest BCUT2D eigenvalue weighted by atomic mass is 9.96. The molecule has 0 aliphatic carbocycles. The minimum Gasteiger partial charge on any atom is -0.299 e. The molecule has 150 valence electrons. The Morgan fingerprint density at radius 1 is 0.931 bits per heavy atom. The van der Waals surface area contributed by atoms with Crippen molar-refractivity contribution in [3.05, 3.63) is 82.2 Å². The number of nitrogens with zero attached hydrogens (tertiary/aromatic N) is 3. The largest absolute Gasteiger partial charge is 0.299 e. The molecule has 4 aromatic rings. The molecule has 0 saturated carbocycles. The number of hydrogen-bond donors (Lipinski definition) is 0. The third kappa shape index (κ3) is 4.53. The standard InChI is InChI=1S/C22H21N3O.C3H8/c1-3-10-25-14-24-21-19-7-5-4-6-18(19)17(12-20(21)22(25)26)11-16-9-8-15(2)23-13-16;1-3-2/h4-9,12-14H,3,10-11H2,1-2H3;3H2,1-2H3. The van der Waals surface area contributed by atoms with Crippen molar-refractivity contribution in [2.45, 2.75) is 53.5 Å². The molecule has 4 heteroatoms. The molecule has 2 aromatic heterocycles. The topological polar surface area (TPSA) is 47.8 Å². The van der Waals surface area contributed by atoms with Crippen LogP contribution in [0.4, 0.5) is 0 Å². The maximum absolute atomic E-state index is 12.9. The number of pyridine rings is 1. The molecule has 4 nitrogen and oxygen atoms in total. The van der Waals surface area contributed by atoms with Crippen molar-refractivity contribution in [1.82, 2.24) is 14.5 Å². The fourth-order valence-corrected chi connectivity index (χ4v) is 3.44.